The van der Waals surface area contributed by atoms with E-state index in [9.17, 15) is 4.39 Å². The molecule has 0 aliphatic carbocycles. The second-order valence-corrected chi connectivity index (χ2v) is 4.55. The number of rotatable bonds is 2. The lowest BCUT2D eigenvalue weighted by atomic mass is 10.2. The van der Waals surface area contributed by atoms with E-state index >= 15 is 0 Å². The summed E-state index contributed by atoms with van der Waals surface area (Å²) in [6.45, 7) is 0. The van der Waals surface area contributed by atoms with Crippen LogP contribution in [0.4, 0.5) is 4.39 Å². The Morgan fingerprint density at radius 2 is 1.95 bits per heavy atom. The van der Waals surface area contributed by atoms with Crippen LogP contribution in [0, 0.1) is 5.82 Å². The maximum absolute atomic E-state index is 13.1. The predicted octanol–water partition coefficient (Wildman–Crippen LogP) is 3.17. The average Bonchev–Trinajstić information content (AvgIpc) is 2.91. The first-order valence-electron chi connectivity index (χ1n) is 5.50. The fourth-order valence-electron chi connectivity index (χ4n) is 1.62. The van der Waals surface area contributed by atoms with Gasteiger partial charge in [-0.2, -0.15) is 20.1 Å². The number of hydrogen-bond donors (Lipinski definition) is 0. The Morgan fingerprint density at radius 3 is 2.65 bits per heavy atom. The summed E-state index contributed by atoms with van der Waals surface area (Å²) in [6.07, 6.45) is 3.25. The maximum atomic E-state index is 13.1. The van der Waals surface area contributed by atoms with Crippen molar-refractivity contribution in [2.75, 3.05) is 0 Å². The van der Waals surface area contributed by atoms with Gasteiger partial charge in [0, 0.05) is 18.0 Å². The van der Waals surface area contributed by atoms with Crippen LogP contribution in [0.2, 0.25) is 10.3 Å². The van der Waals surface area contributed by atoms with Gasteiger partial charge in [0.25, 0.3) is 5.95 Å². The van der Waals surface area contributed by atoms with Crippen LogP contribution in [-0.2, 0) is 0 Å². The molecule has 8 heteroatoms. The third-order valence-electron chi connectivity index (χ3n) is 2.48. The van der Waals surface area contributed by atoms with Crippen molar-refractivity contribution in [3.05, 3.63) is 52.8 Å². The van der Waals surface area contributed by atoms with Gasteiger partial charge >= 0.3 is 0 Å². The van der Waals surface area contributed by atoms with Gasteiger partial charge in [-0.15, -0.1) is 0 Å². The molecule has 100 valence electrons. The van der Waals surface area contributed by atoms with Crippen molar-refractivity contribution in [2.24, 2.45) is 0 Å². The van der Waals surface area contributed by atoms with Crippen molar-refractivity contribution >= 4 is 23.2 Å². The minimum Gasteiger partial charge on any atom is -0.207 e. The summed E-state index contributed by atoms with van der Waals surface area (Å²) in [5.74, 6) is 0.0668. The molecule has 0 unspecified atom stereocenters. The van der Waals surface area contributed by atoms with E-state index in [1.54, 1.807) is 18.5 Å². The van der Waals surface area contributed by atoms with Crippen LogP contribution in [0.25, 0.3) is 17.3 Å². The summed E-state index contributed by atoms with van der Waals surface area (Å²) < 4.78 is 14.5. The normalized spacial score (nSPS) is 10.8. The minimum absolute atomic E-state index is 0.000826. The van der Waals surface area contributed by atoms with Crippen molar-refractivity contribution in [2.45, 2.75) is 0 Å². The van der Waals surface area contributed by atoms with Crippen LogP contribution in [-0.4, -0.2) is 24.7 Å². The molecule has 1 aromatic carbocycles. The number of aromatic nitrogens is 5. The topological polar surface area (TPSA) is 56.5 Å². The van der Waals surface area contributed by atoms with Crippen molar-refractivity contribution in [1.29, 1.82) is 0 Å². The van der Waals surface area contributed by atoms with Crippen molar-refractivity contribution in [3.8, 4) is 17.3 Å². The first kappa shape index (κ1) is 13.0. The number of hydrogen-bond acceptors (Lipinski definition) is 4. The zero-order valence-electron chi connectivity index (χ0n) is 9.83. The summed E-state index contributed by atoms with van der Waals surface area (Å²) in [5, 5.41) is 4.21. The SMILES string of the molecule is Fc1ccc(-c2nc(Cl)nc(-n3cccn3)n2)c(Cl)c1. The summed E-state index contributed by atoms with van der Waals surface area (Å²) >= 11 is 11.9. The molecule has 0 atom stereocenters. The van der Waals surface area contributed by atoms with E-state index in [4.69, 9.17) is 23.2 Å². The molecule has 20 heavy (non-hydrogen) atoms. The quantitative estimate of drug-likeness (QED) is 0.729. The fourth-order valence-corrected chi connectivity index (χ4v) is 2.03. The number of nitrogens with zero attached hydrogens (tertiary/aromatic N) is 5. The van der Waals surface area contributed by atoms with Gasteiger partial charge in [-0.25, -0.2) is 9.07 Å². The second kappa shape index (κ2) is 5.15. The third kappa shape index (κ3) is 2.48. The average molecular weight is 310 g/mol. The van der Waals surface area contributed by atoms with Gasteiger partial charge < -0.3 is 0 Å². The highest BCUT2D eigenvalue weighted by atomic mass is 35.5. The minimum atomic E-state index is -0.439. The molecule has 2 heterocycles. The highest BCUT2D eigenvalue weighted by Crippen LogP contribution is 2.26. The van der Waals surface area contributed by atoms with E-state index in [0.29, 0.717) is 5.56 Å². The molecular weight excluding hydrogens is 304 g/mol. The van der Waals surface area contributed by atoms with E-state index in [-0.39, 0.29) is 22.1 Å². The van der Waals surface area contributed by atoms with E-state index in [1.165, 1.54) is 22.9 Å². The molecule has 0 aliphatic rings. The standard InChI is InChI=1S/C12H6Cl2FN5/c13-9-6-7(15)2-3-8(9)10-17-11(14)19-12(18-10)20-5-1-4-16-20/h1-6H. The molecule has 0 amide bonds. The number of halogens is 3. The second-order valence-electron chi connectivity index (χ2n) is 3.80. The Balaban J connectivity index is 2.14. The van der Waals surface area contributed by atoms with E-state index in [1.807, 2.05) is 0 Å². The van der Waals surface area contributed by atoms with Crippen LogP contribution in [0.1, 0.15) is 0 Å². The van der Waals surface area contributed by atoms with Gasteiger partial charge in [0.1, 0.15) is 5.82 Å². The van der Waals surface area contributed by atoms with Gasteiger partial charge in [-0.1, -0.05) is 11.6 Å². The van der Waals surface area contributed by atoms with Crippen LogP contribution in [0.5, 0.6) is 0 Å². The zero-order valence-corrected chi connectivity index (χ0v) is 11.3. The highest BCUT2D eigenvalue weighted by molar-refractivity contribution is 6.33. The summed E-state index contributed by atoms with van der Waals surface area (Å²) in [5.41, 5.74) is 0.464. The molecule has 5 nitrogen and oxygen atoms in total. The molecular formula is C12H6Cl2FN5. The van der Waals surface area contributed by atoms with Crippen molar-refractivity contribution in [1.82, 2.24) is 24.7 Å². The van der Waals surface area contributed by atoms with Gasteiger partial charge in [0.05, 0.1) is 5.02 Å². The lowest BCUT2D eigenvalue weighted by Gasteiger charge is -2.05. The first-order chi connectivity index (χ1) is 9.63. The van der Waals surface area contributed by atoms with Crippen LogP contribution < -0.4 is 0 Å². The van der Waals surface area contributed by atoms with Crippen LogP contribution >= 0.6 is 23.2 Å². The largest absolute Gasteiger partial charge is 0.255 e. The molecule has 0 aliphatic heterocycles. The summed E-state index contributed by atoms with van der Waals surface area (Å²) in [6, 6.07) is 5.66. The van der Waals surface area contributed by atoms with Gasteiger partial charge in [-0.05, 0) is 35.9 Å². The molecule has 0 spiro atoms. The Morgan fingerprint density at radius 1 is 1.10 bits per heavy atom. The number of benzene rings is 1. The van der Waals surface area contributed by atoms with Crippen LogP contribution in [0.15, 0.2) is 36.7 Å². The van der Waals surface area contributed by atoms with Crippen molar-refractivity contribution < 1.29 is 4.39 Å². The molecule has 0 saturated heterocycles. The van der Waals surface area contributed by atoms with Gasteiger partial charge in [-0.3, -0.25) is 0 Å². The molecule has 0 bridgehead atoms. The predicted molar refractivity (Wildman–Crippen MR) is 72.4 cm³/mol. The molecule has 0 fully saturated rings. The van der Waals surface area contributed by atoms with E-state index < -0.39 is 5.82 Å². The van der Waals surface area contributed by atoms with Crippen LogP contribution in [0.3, 0.4) is 0 Å². The Hall–Kier alpha value is -2.05. The zero-order chi connectivity index (χ0) is 14.1. The molecule has 0 saturated carbocycles. The molecule has 3 rings (SSSR count). The molecule has 3 aromatic rings. The molecule has 0 radical (unpaired) electrons. The molecule has 2 aromatic heterocycles. The summed E-state index contributed by atoms with van der Waals surface area (Å²) in [4.78, 5) is 12.2. The van der Waals surface area contributed by atoms with Gasteiger partial charge in [0.2, 0.25) is 5.28 Å². The smallest absolute Gasteiger partial charge is 0.207 e. The van der Waals surface area contributed by atoms with E-state index in [2.05, 4.69) is 20.1 Å². The lowest BCUT2D eigenvalue weighted by Crippen LogP contribution is -2.05. The van der Waals surface area contributed by atoms with Crippen molar-refractivity contribution in [3.63, 3.8) is 0 Å². The third-order valence-corrected chi connectivity index (χ3v) is 2.96. The fraction of sp³-hybridized carbons (Fsp3) is 0. The Labute approximate surface area is 123 Å². The van der Waals surface area contributed by atoms with E-state index in [0.717, 1.165) is 0 Å². The maximum Gasteiger partial charge on any atom is 0.255 e. The van der Waals surface area contributed by atoms with Gasteiger partial charge in [0.15, 0.2) is 5.82 Å². The first-order valence-corrected chi connectivity index (χ1v) is 6.26. The Kier molecular flexibility index (Phi) is 3.33. The monoisotopic (exact) mass is 309 g/mol. The summed E-state index contributed by atoms with van der Waals surface area (Å²) in [7, 11) is 0. The Bertz CT molecular complexity index is 761. The highest BCUT2D eigenvalue weighted by Gasteiger charge is 2.12. The lowest BCUT2D eigenvalue weighted by molar-refractivity contribution is 0.628. The molecule has 0 N–H and O–H groups in total.